The van der Waals surface area contributed by atoms with E-state index >= 15 is 0 Å². The highest BCUT2D eigenvalue weighted by molar-refractivity contribution is 5.76. The van der Waals surface area contributed by atoms with Crippen molar-refractivity contribution in [2.24, 2.45) is 0 Å². The van der Waals surface area contributed by atoms with E-state index in [-0.39, 0.29) is 0 Å². The number of nitrogens with one attached hydrogen (secondary N) is 2. The number of carbonyl (C=O) groups excluding carboxylic acids is 3. The van der Waals surface area contributed by atoms with Crippen LogP contribution in [0.25, 0.3) is 0 Å². The molecule has 0 heterocycles. The van der Waals surface area contributed by atoms with Crippen LogP contribution in [-0.4, -0.2) is 47.0 Å². The van der Waals surface area contributed by atoms with Gasteiger partial charge in [-0.15, -0.1) is 0 Å². The van der Waals surface area contributed by atoms with E-state index in [1.807, 2.05) is 95.5 Å². The van der Waals surface area contributed by atoms with Crippen LogP contribution in [0.4, 0.5) is 17.1 Å². The van der Waals surface area contributed by atoms with Gasteiger partial charge in [-0.05, 0) is 72.8 Å². The zero-order valence-corrected chi connectivity index (χ0v) is 20.3. The van der Waals surface area contributed by atoms with Crippen molar-refractivity contribution in [3.05, 3.63) is 89.5 Å². The minimum atomic E-state index is 0.707. The fourth-order valence-electron chi connectivity index (χ4n) is 2.31. The Bertz CT molecular complexity index is 869. The summed E-state index contributed by atoms with van der Waals surface area (Å²) < 4.78 is 0. The first-order valence-electron chi connectivity index (χ1n) is 10.7. The van der Waals surface area contributed by atoms with Gasteiger partial charge >= 0.3 is 0 Å². The van der Waals surface area contributed by atoms with Gasteiger partial charge in [0.05, 0.1) is 0 Å². The number of carbonyl (C=O) groups is 3. The van der Waals surface area contributed by atoms with E-state index in [0.717, 1.165) is 41.5 Å². The first-order valence-corrected chi connectivity index (χ1v) is 10.7. The molecule has 0 aliphatic rings. The van der Waals surface area contributed by atoms with Crippen LogP contribution >= 0.6 is 0 Å². The molecule has 0 spiro atoms. The van der Waals surface area contributed by atoms with E-state index in [4.69, 9.17) is 0 Å². The van der Waals surface area contributed by atoms with Crippen LogP contribution in [0, 0.1) is 0 Å². The molecule has 0 fully saturated rings. The van der Waals surface area contributed by atoms with Gasteiger partial charge in [-0.25, -0.2) is 0 Å². The van der Waals surface area contributed by atoms with Gasteiger partial charge in [-0.3, -0.25) is 14.4 Å². The monoisotopic (exact) mass is 449 g/mol. The Kier molecular flexibility index (Phi) is 15.6. The Hall–Kier alpha value is -3.93. The van der Waals surface area contributed by atoms with E-state index < -0.39 is 0 Å². The maximum Gasteiger partial charge on any atom is 0.150 e. The molecule has 3 aromatic rings. The average molecular weight is 450 g/mol. The number of hydrogen-bond donors (Lipinski definition) is 2. The average Bonchev–Trinajstić information content (AvgIpc) is 2.90. The molecule has 176 valence electrons. The normalized spacial score (nSPS) is 8.67. The fraction of sp³-hybridized carbons (Fsp3) is 0.222. The van der Waals surface area contributed by atoms with Crippen LogP contribution in [0.5, 0.6) is 0 Å². The Morgan fingerprint density at radius 2 is 0.818 bits per heavy atom. The summed E-state index contributed by atoms with van der Waals surface area (Å²) in [6, 6.07) is 22.0. The second kappa shape index (κ2) is 17.7. The van der Waals surface area contributed by atoms with Gasteiger partial charge in [-0.1, -0.05) is 13.8 Å². The summed E-state index contributed by atoms with van der Waals surface area (Å²) in [7, 11) is 7.62. The smallest absolute Gasteiger partial charge is 0.150 e. The molecule has 3 rings (SSSR count). The Balaban J connectivity index is 0.000000449. The molecular weight excluding hydrogens is 414 g/mol. The van der Waals surface area contributed by atoms with Gasteiger partial charge in [-0.2, -0.15) is 0 Å². The van der Waals surface area contributed by atoms with Gasteiger partial charge in [0, 0.05) is 61.9 Å². The molecule has 0 saturated heterocycles. The Morgan fingerprint density at radius 1 is 0.545 bits per heavy atom. The number of hydrogen-bond acceptors (Lipinski definition) is 6. The summed E-state index contributed by atoms with van der Waals surface area (Å²) in [5.74, 6) is 0. The highest BCUT2D eigenvalue weighted by Crippen LogP contribution is 2.10. The van der Waals surface area contributed by atoms with E-state index in [0.29, 0.717) is 11.1 Å². The van der Waals surface area contributed by atoms with Crippen molar-refractivity contribution in [2.45, 2.75) is 13.8 Å². The highest BCUT2D eigenvalue weighted by Gasteiger charge is 1.93. The molecule has 0 radical (unpaired) electrons. The molecular formula is C27H35N3O3. The van der Waals surface area contributed by atoms with Crippen LogP contribution < -0.4 is 15.5 Å². The lowest BCUT2D eigenvalue weighted by molar-refractivity contribution is 0.111. The molecule has 0 saturated carbocycles. The van der Waals surface area contributed by atoms with Gasteiger partial charge in [0.15, 0.2) is 0 Å². The lowest BCUT2D eigenvalue weighted by Crippen LogP contribution is -2.08. The van der Waals surface area contributed by atoms with Crippen LogP contribution in [0.1, 0.15) is 44.9 Å². The molecule has 0 amide bonds. The third-order valence-corrected chi connectivity index (χ3v) is 4.22. The molecule has 2 N–H and O–H groups in total. The maximum absolute atomic E-state index is 10.3. The summed E-state index contributed by atoms with van der Waals surface area (Å²) in [5.41, 5.74) is 5.28. The SMILES string of the molecule is CC.CN(C)c1ccc(C=O)cc1.CNc1ccc(C=O)cc1.CNc1ccc(C=O)cc1. The molecule has 0 unspecified atom stereocenters. The largest absolute Gasteiger partial charge is 0.388 e. The van der Waals surface area contributed by atoms with Crippen molar-refractivity contribution in [3.63, 3.8) is 0 Å². The minimum Gasteiger partial charge on any atom is -0.388 e. The summed E-state index contributed by atoms with van der Waals surface area (Å²) >= 11 is 0. The van der Waals surface area contributed by atoms with Crippen molar-refractivity contribution in [3.8, 4) is 0 Å². The van der Waals surface area contributed by atoms with Crippen molar-refractivity contribution in [2.75, 3.05) is 43.7 Å². The zero-order chi connectivity index (χ0) is 25.1. The lowest BCUT2D eigenvalue weighted by Gasteiger charge is -2.11. The summed E-state index contributed by atoms with van der Waals surface area (Å²) in [6.07, 6.45) is 2.51. The quantitative estimate of drug-likeness (QED) is 0.472. The predicted molar refractivity (Wildman–Crippen MR) is 140 cm³/mol. The van der Waals surface area contributed by atoms with Crippen LogP contribution in [-0.2, 0) is 0 Å². The number of benzene rings is 3. The zero-order valence-electron chi connectivity index (χ0n) is 20.3. The Labute approximate surface area is 197 Å². The van der Waals surface area contributed by atoms with Crippen molar-refractivity contribution in [1.82, 2.24) is 0 Å². The highest BCUT2D eigenvalue weighted by atomic mass is 16.1. The standard InChI is InChI=1S/C9H11NO.2C8H9NO.C2H6/c1-10(2)9-5-3-8(7-11)4-6-9;2*1-9-8-4-2-7(6-10)3-5-8;1-2/h3-7H,1-2H3;2*2-6,9H,1H3;1-2H3. The van der Waals surface area contributed by atoms with E-state index in [9.17, 15) is 14.4 Å². The van der Waals surface area contributed by atoms with Crippen molar-refractivity contribution in [1.29, 1.82) is 0 Å². The summed E-state index contributed by atoms with van der Waals surface area (Å²) in [4.78, 5) is 32.6. The van der Waals surface area contributed by atoms with Gasteiger partial charge in [0.2, 0.25) is 0 Å². The van der Waals surface area contributed by atoms with E-state index in [1.165, 1.54) is 0 Å². The number of aldehydes is 3. The third-order valence-electron chi connectivity index (χ3n) is 4.22. The second-order valence-electron chi connectivity index (χ2n) is 6.58. The minimum absolute atomic E-state index is 0.707. The summed E-state index contributed by atoms with van der Waals surface area (Å²) in [6.45, 7) is 4.00. The molecule has 0 aliphatic carbocycles. The van der Waals surface area contributed by atoms with Crippen LogP contribution in [0.3, 0.4) is 0 Å². The van der Waals surface area contributed by atoms with Crippen LogP contribution in [0.15, 0.2) is 72.8 Å². The Morgan fingerprint density at radius 3 is 1.03 bits per heavy atom. The molecule has 6 nitrogen and oxygen atoms in total. The molecule has 0 aliphatic heterocycles. The van der Waals surface area contributed by atoms with Crippen molar-refractivity contribution < 1.29 is 14.4 Å². The molecule has 0 aromatic heterocycles. The number of nitrogens with zero attached hydrogens (tertiary/aromatic N) is 1. The summed E-state index contributed by atoms with van der Waals surface area (Å²) in [5, 5.41) is 5.92. The molecule has 33 heavy (non-hydrogen) atoms. The van der Waals surface area contributed by atoms with Crippen LogP contribution in [0.2, 0.25) is 0 Å². The molecule has 3 aromatic carbocycles. The number of anilines is 3. The molecule has 0 bridgehead atoms. The fourth-order valence-corrected chi connectivity index (χ4v) is 2.31. The van der Waals surface area contributed by atoms with Gasteiger partial charge < -0.3 is 15.5 Å². The predicted octanol–water partition coefficient (Wildman–Crippen LogP) is 5.67. The first kappa shape index (κ1) is 29.1. The maximum atomic E-state index is 10.3. The van der Waals surface area contributed by atoms with Gasteiger partial charge in [0.1, 0.15) is 18.9 Å². The first-order chi connectivity index (χ1) is 16.0. The second-order valence-corrected chi connectivity index (χ2v) is 6.58. The molecule has 0 atom stereocenters. The van der Waals surface area contributed by atoms with E-state index in [2.05, 4.69) is 10.6 Å². The lowest BCUT2D eigenvalue weighted by atomic mass is 10.2. The molecule has 6 heteroatoms. The number of rotatable bonds is 6. The topological polar surface area (TPSA) is 78.5 Å². The van der Waals surface area contributed by atoms with E-state index in [1.54, 1.807) is 24.3 Å². The van der Waals surface area contributed by atoms with Gasteiger partial charge in [0.25, 0.3) is 0 Å². The third kappa shape index (κ3) is 11.9. The van der Waals surface area contributed by atoms with Crippen molar-refractivity contribution >= 4 is 35.9 Å².